The normalized spacial score (nSPS) is 16.0. The summed E-state index contributed by atoms with van der Waals surface area (Å²) in [4.78, 5) is 27.2. The summed E-state index contributed by atoms with van der Waals surface area (Å²) in [6.45, 7) is 2.08. The van der Waals surface area contributed by atoms with Crippen molar-refractivity contribution in [3.8, 4) is 5.75 Å². The molecular formula is C33H38FN3O9S. The van der Waals surface area contributed by atoms with Gasteiger partial charge in [0, 0.05) is 32.5 Å². The number of hydrogen-bond acceptors (Lipinski definition) is 10. The number of methoxy groups -OCH3 is 1. The van der Waals surface area contributed by atoms with Crippen LogP contribution in [0.3, 0.4) is 0 Å². The van der Waals surface area contributed by atoms with Crippen molar-refractivity contribution in [1.29, 1.82) is 0 Å². The number of hydrogen-bond donors (Lipinski definition) is 1. The maximum Gasteiger partial charge on any atom is 0.422 e. The second-order valence-electron chi connectivity index (χ2n) is 11.1. The molecular weight excluding hydrogens is 633 g/mol. The molecule has 0 unspecified atom stereocenters. The highest BCUT2D eigenvalue weighted by atomic mass is 32.2. The number of rotatable bonds is 13. The molecule has 2 aliphatic heterocycles. The standard InChI is InChI=1S/C33H38FN3O9S/c1-42-30(38)22-37(47(40,41)35-32(39)44-24-26-10-6-3-7-11-26)31-28(34)20-27(21-29(31)43-23-25-8-4-2-5-9-25)12-15-36-16-13-33(14-17-36)45-18-19-46-33/h2-11,20-21H,12-19,22-24H2,1H3,(H,35,39). The third kappa shape index (κ3) is 9.19. The monoisotopic (exact) mass is 671 g/mol. The lowest BCUT2D eigenvalue weighted by Gasteiger charge is -2.37. The number of ether oxygens (including phenoxy) is 5. The molecule has 12 nitrogen and oxygen atoms in total. The highest BCUT2D eigenvalue weighted by Gasteiger charge is 2.39. The number of likely N-dealkylation sites (tertiary alicyclic amines) is 1. The minimum Gasteiger partial charge on any atom is -0.487 e. The minimum atomic E-state index is -4.91. The van der Waals surface area contributed by atoms with Crippen LogP contribution in [-0.2, 0) is 53.6 Å². The molecule has 1 amide bonds. The zero-order valence-electron chi connectivity index (χ0n) is 26.1. The number of nitrogens with one attached hydrogen (secondary N) is 1. The first-order chi connectivity index (χ1) is 22.7. The van der Waals surface area contributed by atoms with Gasteiger partial charge in [-0.1, -0.05) is 60.7 Å². The molecule has 2 saturated heterocycles. The topological polar surface area (TPSA) is 133 Å². The third-order valence-electron chi connectivity index (χ3n) is 7.94. The molecule has 0 aromatic heterocycles. The van der Waals surface area contributed by atoms with Crippen molar-refractivity contribution in [1.82, 2.24) is 9.62 Å². The van der Waals surface area contributed by atoms with Gasteiger partial charge in [-0.3, -0.25) is 4.79 Å². The van der Waals surface area contributed by atoms with Crippen molar-refractivity contribution in [3.05, 3.63) is 95.3 Å². The SMILES string of the molecule is COC(=O)CN(c1c(F)cc(CCN2CCC3(CC2)OCCO3)cc1OCc1ccccc1)S(=O)(=O)NC(=O)OCc1ccccc1. The highest BCUT2D eigenvalue weighted by molar-refractivity contribution is 7.91. The molecule has 0 radical (unpaired) electrons. The minimum absolute atomic E-state index is 0.0242. The first-order valence-electron chi connectivity index (χ1n) is 15.2. The molecule has 1 N–H and O–H groups in total. The van der Waals surface area contributed by atoms with E-state index in [1.54, 1.807) is 65.4 Å². The number of carbonyl (C=O) groups excluding carboxylic acids is 2. The van der Waals surface area contributed by atoms with E-state index in [0.717, 1.165) is 38.6 Å². The van der Waals surface area contributed by atoms with Crippen LogP contribution in [0.5, 0.6) is 5.75 Å². The van der Waals surface area contributed by atoms with E-state index in [1.165, 1.54) is 6.07 Å². The number of benzene rings is 3. The summed E-state index contributed by atoms with van der Waals surface area (Å²) >= 11 is 0. The molecule has 252 valence electrons. The zero-order chi connectivity index (χ0) is 33.3. The van der Waals surface area contributed by atoms with Crippen LogP contribution in [0.4, 0.5) is 14.9 Å². The largest absolute Gasteiger partial charge is 0.487 e. The van der Waals surface area contributed by atoms with Crippen molar-refractivity contribution in [2.75, 3.05) is 50.8 Å². The van der Waals surface area contributed by atoms with Gasteiger partial charge in [0.25, 0.3) is 0 Å². The fraction of sp³-hybridized carbons (Fsp3) is 0.394. The van der Waals surface area contributed by atoms with Crippen molar-refractivity contribution >= 4 is 28.0 Å². The first-order valence-corrected chi connectivity index (χ1v) is 16.7. The Labute approximate surface area is 273 Å². The number of esters is 1. The van der Waals surface area contributed by atoms with E-state index in [4.69, 9.17) is 23.7 Å². The lowest BCUT2D eigenvalue weighted by Crippen LogP contribution is -2.46. The Balaban J connectivity index is 1.38. The van der Waals surface area contributed by atoms with Gasteiger partial charge in [-0.05, 0) is 35.2 Å². The summed E-state index contributed by atoms with van der Waals surface area (Å²) in [6, 6.07) is 20.4. The Morgan fingerprint density at radius 2 is 1.55 bits per heavy atom. The Morgan fingerprint density at radius 1 is 0.936 bits per heavy atom. The Hall–Kier alpha value is -4.24. The van der Waals surface area contributed by atoms with Crippen LogP contribution in [-0.4, -0.2) is 77.7 Å². The zero-order valence-corrected chi connectivity index (χ0v) is 26.9. The van der Waals surface area contributed by atoms with Gasteiger partial charge >= 0.3 is 22.3 Å². The second kappa shape index (κ2) is 15.6. The van der Waals surface area contributed by atoms with Crippen LogP contribution < -0.4 is 13.8 Å². The van der Waals surface area contributed by atoms with Crippen LogP contribution in [0, 0.1) is 5.82 Å². The fourth-order valence-electron chi connectivity index (χ4n) is 5.43. The highest BCUT2D eigenvalue weighted by Crippen LogP contribution is 2.36. The van der Waals surface area contributed by atoms with E-state index in [9.17, 15) is 18.0 Å². The van der Waals surface area contributed by atoms with Crippen LogP contribution in [0.2, 0.25) is 0 Å². The summed E-state index contributed by atoms with van der Waals surface area (Å²) in [5.74, 6) is -2.62. The molecule has 2 fully saturated rings. The Bertz CT molecular complexity index is 1610. The van der Waals surface area contributed by atoms with Gasteiger partial charge < -0.3 is 28.6 Å². The molecule has 2 heterocycles. The third-order valence-corrected chi connectivity index (χ3v) is 9.26. The van der Waals surface area contributed by atoms with Gasteiger partial charge in [0.05, 0.1) is 20.3 Å². The number of nitrogens with zero attached hydrogens (tertiary/aromatic N) is 2. The second-order valence-corrected chi connectivity index (χ2v) is 12.7. The van der Waals surface area contributed by atoms with E-state index >= 15 is 4.39 Å². The van der Waals surface area contributed by atoms with E-state index < -0.39 is 46.1 Å². The summed E-state index contributed by atoms with van der Waals surface area (Å²) in [7, 11) is -3.85. The molecule has 3 aromatic carbocycles. The smallest absolute Gasteiger partial charge is 0.422 e. The average molecular weight is 672 g/mol. The molecule has 0 aliphatic carbocycles. The van der Waals surface area contributed by atoms with Gasteiger partial charge in [0.2, 0.25) is 0 Å². The number of amides is 1. The molecule has 2 aliphatic rings. The lowest BCUT2D eigenvalue weighted by molar-refractivity contribution is -0.185. The van der Waals surface area contributed by atoms with Crippen molar-refractivity contribution < 1.29 is 46.1 Å². The van der Waals surface area contributed by atoms with Crippen LogP contribution in [0.15, 0.2) is 72.8 Å². The molecule has 0 saturated carbocycles. The van der Waals surface area contributed by atoms with Gasteiger partial charge in [-0.25, -0.2) is 18.2 Å². The quantitative estimate of drug-likeness (QED) is 0.267. The van der Waals surface area contributed by atoms with E-state index in [-0.39, 0.29) is 19.0 Å². The van der Waals surface area contributed by atoms with Crippen molar-refractivity contribution in [3.63, 3.8) is 0 Å². The summed E-state index contributed by atoms with van der Waals surface area (Å²) in [6.07, 6.45) is 0.574. The van der Waals surface area contributed by atoms with Gasteiger partial charge in [0.15, 0.2) is 11.6 Å². The summed E-state index contributed by atoms with van der Waals surface area (Å²) in [5.41, 5.74) is 1.35. The molecule has 3 aromatic rings. The molecule has 5 rings (SSSR count). The van der Waals surface area contributed by atoms with E-state index in [1.807, 2.05) is 6.07 Å². The number of halogens is 1. The van der Waals surface area contributed by atoms with Crippen molar-refractivity contribution in [2.24, 2.45) is 0 Å². The van der Waals surface area contributed by atoms with Crippen LogP contribution in [0.25, 0.3) is 0 Å². The Morgan fingerprint density at radius 3 is 2.17 bits per heavy atom. The molecule has 0 atom stereocenters. The van der Waals surface area contributed by atoms with Crippen molar-refractivity contribution in [2.45, 2.75) is 38.3 Å². The van der Waals surface area contributed by atoms with E-state index in [0.29, 0.717) is 41.6 Å². The lowest BCUT2D eigenvalue weighted by atomic mass is 10.0. The fourth-order valence-corrected chi connectivity index (χ4v) is 6.50. The van der Waals surface area contributed by atoms with Crippen LogP contribution in [0.1, 0.15) is 29.5 Å². The Kier molecular flexibility index (Phi) is 11.3. The first kappa shape index (κ1) is 34.1. The summed E-state index contributed by atoms with van der Waals surface area (Å²) < 4.78 is 72.8. The number of carbonyl (C=O) groups is 2. The molecule has 0 bridgehead atoms. The molecule has 1 spiro atoms. The van der Waals surface area contributed by atoms with Crippen LogP contribution >= 0.6 is 0 Å². The maximum atomic E-state index is 16.1. The summed E-state index contributed by atoms with van der Waals surface area (Å²) in [5, 5.41) is 0. The maximum absolute atomic E-state index is 16.1. The van der Waals surface area contributed by atoms with Gasteiger partial charge in [-0.15, -0.1) is 0 Å². The van der Waals surface area contributed by atoms with E-state index in [2.05, 4.69) is 4.90 Å². The number of piperidine rings is 1. The molecule has 47 heavy (non-hydrogen) atoms. The van der Waals surface area contributed by atoms with Gasteiger partial charge in [-0.2, -0.15) is 8.42 Å². The average Bonchev–Trinajstić information content (AvgIpc) is 3.53. The predicted octanol–water partition coefficient (Wildman–Crippen LogP) is 3.94. The number of anilines is 1. The van der Waals surface area contributed by atoms with Gasteiger partial charge in [0.1, 0.15) is 31.2 Å². The predicted molar refractivity (Wildman–Crippen MR) is 169 cm³/mol. The molecule has 14 heteroatoms.